The number of nitrogens with one attached hydrogen (secondary N) is 1. The van der Waals surface area contributed by atoms with Crippen molar-refractivity contribution in [2.75, 3.05) is 11.9 Å². The van der Waals surface area contributed by atoms with Crippen molar-refractivity contribution in [1.82, 2.24) is 4.90 Å². The summed E-state index contributed by atoms with van der Waals surface area (Å²) >= 11 is 6.64. The lowest BCUT2D eigenvalue weighted by molar-refractivity contribution is -0.122. The molecule has 0 aliphatic carbocycles. The number of ketones is 2. The Morgan fingerprint density at radius 2 is 1.58 bits per heavy atom. The lowest BCUT2D eigenvalue weighted by atomic mass is 9.62. The molecule has 0 aromatic heterocycles. The molecule has 1 amide bonds. The van der Waals surface area contributed by atoms with Crippen molar-refractivity contribution in [3.8, 4) is 5.75 Å². The average Bonchev–Trinajstić information content (AvgIpc) is 3.52. The summed E-state index contributed by atoms with van der Waals surface area (Å²) in [7, 11) is 0. The van der Waals surface area contributed by atoms with E-state index in [9.17, 15) is 14.4 Å². The van der Waals surface area contributed by atoms with Gasteiger partial charge in [-0.3, -0.25) is 14.4 Å². The van der Waals surface area contributed by atoms with E-state index in [1.165, 1.54) is 0 Å². The zero-order valence-electron chi connectivity index (χ0n) is 23.5. The van der Waals surface area contributed by atoms with Crippen molar-refractivity contribution < 1.29 is 19.1 Å². The van der Waals surface area contributed by atoms with Crippen LogP contribution in [0.25, 0.3) is 6.08 Å². The molecular weight excluding hydrogens is 560 g/mol. The van der Waals surface area contributed by atoms with Crippen molar-refractivity contribution in [3.63, 3.8) is 0 Å². The molecule has 0 unspecified atom stereocenters. The molecule has 6 nitrogen and oxygen atoms in total. The predicted molar refractivity (Wildman–Crippen MR) is 166 cm³/mol. The fraction of sp³-hybridized carbons (Fsp3) is 0.194. The molecular formula is C36H29ClN2O4. The number of fused-ring (bicyclic) bond motifs is 6. The van der Waals surface area contributed by atoms with Gasteiger partial charge in [-0.1, -0.05) is 85.3 Å². The van der Waals surface area contributed by atoms with Gasteiger partial charge in [0.2, 0.25) is 5.91 Å². The van der Waals surface area contributed by atoms with E-state index in [2.05, 4.69) is 5.32 Å². The third-order valence-corrected chi connectivity index (χ3v) is 9.20. The number of carbonyl (C=O) groups excluding carboxylic acids is 3. The summed E-state index contributed by atoms with van der Waals surface area (Å²) in [5, 5.41) is 3.34. The van der Waals surface area contributed by atoms with Crippen LogP contribution in [-0.4, -0.2) is 35.0 Å². The molecule has 4 aromatic rings. The molecule has 0 saturated carbocycles. The summed E-state index contributed by atoms with van der Waals surface area (Å²) in [4.78, 5) is 46.4. The largest absolute Gasteiger partial charge is 0.493 e. The molecule has 4 aromatic carbocycles. The summed E-state index contributed by atoms with van der Waals surface area (Å²) in [5.74, 6) is -1.62. The van der Waals surface area contributed by atoms with Gasteiger partial charge in [0.15, 0.2) is 11.6 Å². The minimum Gasteiger partial charge on any atom is -0.493 e. The maximum Gasteiger partial charge on any atom is 0.238 e. The van der Waals surface area contributed by atoms with E-state index in [0.29, 0.717) is 29.2 Å². The summed E-state index contributed by atoms with van der Waals surface area (Å²) in [6, 6.07) is 27.6. The molecule has 43 heavy (non-hydrogen) atoms. The first-order valence-corrected chi connectivity index (χ1v) is 14.9. The van der Waals surface area contributed by atoms with E-state index >= 15 is 0 Å². The third kappa shape index (κ3) is 3.97. The predicted octanol–water partition coefficient (Wildman–Crippen LogP) is 7.11. The molecule has 0 radical (unpaired) electrons. The molecule has 214 valence electrons. The quantitative estimate of drug-likeness (QED) is 0.233. The maximum atomic E-state index is 14.9. The number of carbonyl (C=O) groups is 3. The highest BCUT2D eigenvalue weighted by Crippen LogP contribution is 2.62. The number of hydrogen-bond acceptors (Lipinski definition) is 5. The first kappa shape index (κ1) is 27.2. The molecule has 1 N–H and O–H groups in total. The Bertz CT molecular complexity index is 1820. The highest BCUT2D eigenvalue weighted by molar-refractivity contribution is 6.34. The van der Waals surface area contributed by atoms with Gasteiger partial charge in [-0.2, -0.15) is 0 Å². The normalized spacial score (nSPS) is 23.0. The van der Waals surface area contributed by atoms with Gasteiger partial charge < -0.3 is 15.0 Å². The number of ether oxygens (including phenoxy) is 1. The van der Waals surface area contributed by atoms with Crippen LogP contribution >= 0.6 is 11.6 Å². The second-order valence-electron chi connectivity index (χ2n) is 11.1. The van der Waals surface area contributed by atoms with Gasteiger partial charge in [0.1, 0.15) is 17.2 Å². The third-order valence-electron chi connectivity index (χ3n) is 8.88. The molecule has 4 atom stereocenters. The number of rotatable bonds is 7. The summed E-state index contributed by atoms with van der Waals surface area (Å²) in [5.41, 5.74) is 2.35. The Kier molecular flexibility index (Phi) is 6.66. The van der Waals surface area contributed by atoms with Gasteiger partial charge in [0.25, 0.3) is 0 Å². The number of halogens is 1. The molecule has 1 fully saturated rings. The van der Waals surface area contributed by atoms with E-state index in [-0.39, 0.29) is 28.1 Å². The van der Waals surface area contributed by atoms with Crippen LogP contribution in [0.15, 0.2) is 103 Å². The van der Waals surface area contributed by atoms with Gasteiger partial charge in [-0.15, -0.1) is 0 Å². The molecule has 3 aliphatic heterocycles. The van der Waals surface area contributed by atoms with Gasteiger partial charge in [0, 0.05) is 17.5 Å². The Morgan fingerprint density at radius 3 is 2.40 bits per heavy atom. The molecule has 0 bridgehead atoms. The lowest BCUT2D eigenvalue weighted by Gasteiger charge is -2.38. The van der Waals surface area contributed by atoms with E-state index in [1.54, 1.807) is 42.5 Å². The average molecular weight is 589 g/mol. The highest BCUT2D eigenvalue weighted by Gasteiger charge is 2.71. The Hall–Kier alpha value is -4.68. The van der Waals surface area contributed by atoms with Crippen LogP contribution in [0, 0.1) is 5.92 Å². The SMILES string of the molecule is CCCOc1ccccc1C(=O)[C@@H]1[C@@H](C(=O)c2ccccc2Cl)[C@]2(C(=O)Nc3ccccc32)[C@H]2c3ccccc3C=CN12. The molecule has 7 heteroatoms. The lowest BCUT2D eigenvalue weighted by Crippen LogP contribution is -2.49. The first-order valence-electron chi connectivity index (χ1n) is 14.5. The number of hydrogen-bond donors (Lipinski definition) is 1. The molecule has 3 aliphatic rings. The van der Waals surface area contributed by atoms with Gasteiger partial charge in [-0.25, -0.2) is 0 Å². The molecule has 3 heterocycles. The zero-order valence-corrected chi connectivity index (χ0v) is 24.3. The van der Waals surface area contributed by atoms with E-state index in [0.717, 1.165) is 17.5 Å². The standard InChI is InChI=1S/C36H29ClN2O4/c1-2-21-43-29-18-10-6-14-25(29)33(41)31-30(32(40)24-13-5-8-16-27(24)37)36(26-15-7-9-17-28(26)38-35(36)42)34-23-12-4-3-11-22(23)19-20-39(31)34/h3-20,30-31,34H,2,21H2,1H3,(H,38,42)/t30-,31-,34+,36-/m0/s1. The second-order valence-corrected chi connectivity index (χ2v) is 11.5. The number of para-hydroxylation sites is 2. The van der Waals surface area contributed by atoms with Crippen LogP contribution in [0.2, 0.25) is 5.02 Å². The summed E-state index contributed by atoms with van der Waals surface area (Å²) in [6.45, 7) is 2.44. The monoisotopic (exact) mass is 588 g/mol. The topological polar surface area (TPSA) is 75.7 Å². The van der Waals surface area contributed by atoms with Crippen LogP contribution in [0.4, 0.5) is 5.69 Å². The van der Waals surface area contributed by atoms with Crippen LogP contribution in [0.1, 0.15) is 56.8 Å². The smallest absolute Gasteiger partial charge is 0.238 e. The van der Waals surface area contributed by atoms with Gasteiger partial charge in [-0.05, 0) is 59.5 Å². The number of amides is 1. The zero-order chi connectivity index (χ0) is 29.7. The number of anilines is 1. The number of nitrogens with zero attached hydrogens (tertiary/aromatic N) is 1. The Balaban J connectivity index is 1.53. The second kappa shape index (κ2) is 10.5. The minimum atomic E-state index is -1.42. The highest BCUT2D eigenvalue weighted by atomic mass is 35.5. The van der Waals surface area contributed by atoms with Crippen molar-refractivity contribution in [2.45, 2.75) is 30.8 Å². The minimum absolute atomic E-state index is 0.271. The van der Waals surface area contributed by atoms with Crippen LogP contribution in [0.3, 0.4) is 0 Å². The summed E-state index contributed by atoms with van der Waals surface area (Å²) < 4.78 is 6.01. The number of benzene rings is 4. The van der Waals surface area contributed by atoms with Gasteiger partial charge in [0.05, 0.1) is 29.2 Å². The van der Waals surface area contributed by atoms with E-state index in [1.807, 2.05) is 78.7 Å². The van der Waals surface area contributed by atoms with Crippen LogP contribution < -0.4 is 10.1 Å². The van der Waals surface area contributed by atoms with Crippen molar-refractivity contribution >= 4 is 40.8 Å². The fourth-order valence-electron chi connectivity index (χ4n) is 7.16. The van der Waals surface area contributed by atoms with Gasteiger partial charge >= 0.3 is 0 Å². The fourth-order valence-corrected chi connectivity index (χ4v) is 7.39. The molecule has 1 saturated heterocycles. The number of Topliss-reactive ketones (excluding diaryl/α,β-unsaturated/α-hetero) is 2. The Morgan fingerprint density at radius 1 is 0.884 bits per heavy atom. The van der Waals surface area contributed by atoms with E-state index < -0.39 is 23.4 Å². The summed E-state index contributed by atoms with van der Waals surface area (Å²) in [6.07, 6.45) is 4.58. The van der Waals surface area contributed by atoms with E-state index in [4.69, 9.17) is 16.3 Å². The van der Waals surface area contributed by atoms with Crippen molar-refractivity contribution in [3.05, 3.63) is 136 Å². The Labute approximate surface area is 254 Å². The van der Waals surface area contributed by atoms with Crippen molar-refractivity contribution in [1.29, 1.82) is 0 Å². The molecule has 1 spiro atoms. The first-order chi connectivity index (χ1) is 21.0. The molecule has 7 rings (SSSR count). The maximum absolute atomic E-state index is 14.9. The van der Waals surface area contributed by atoms with Crippen molar-refractivity contribution in [2.24, 2.45) is 5.92 Å². The van der Waals surface area contributed by atoms with Crippen LogP contribution in [-0.2, 0) is 10.2 Å². The van der Waals surface area contributed by atoms with Crippen LogP contribution in [0.5, 0.6) is 5.75 Å².